The molecular formula is C16H12N2O4S2. The second-order valence-corrected chi connectivity index (χ2v) is 6.61. The Morgan fingerprint density at radius 1 is 1.29 bits per heavy atom. The summed E-state index contributed by atoms with van der Waals surface area (Å²) >= 11 is 6.41. The van der Waals surface area contributed by atoms with Crippen molar-refractivity contribution in [2.75, 3.05) is 6.54 Å². The van der Waals surface area contributed by atoms with E-state index in [0.717, 1.165) is 5.56 Å². The van der Waals surface area contributed by atoms with Gasteiger partial charge in [0.1, 0.15) is 15.8 Å². The molecule has 3 rings (SSSR count). The molecule has 122 valence electrons. The van der Waals surface area contributed by atoms with E-state index in [2.05, 4.69) is 0 Å². The van der Waals surface area contributed by atoms with E-state index in [1.165, 1.54) is 28.8 Å². The van der Waals surface area contributed by atoms with Crippen LogP contribution in [-0.4, -0.2) is 26.6 Å². The van der Waals surface area contributed by atoms with E-state index in [4.69, 9.17) is 16.6 Å². The molecule has 24 heavy (non-hydrogen) atoms. The molecule has 0 radical (unpaired) electrons. The van der Waals surface area contributed by atoms with Crippen LogP contribution in [-0.2, 0) is 4.79 Å². The molecule has 0 aliphatic carbocycles. The zero-order valence-corrected chi connectivity index (χ0v) is 14.2. The third-order valence-electron chi connectivity index (χ3n) is 3.45. The number of rotatable bonds is 4. The van der Waals surface area contributed by atoms with Gasteiger partial charge in [-0.15, -0.1) is 0 Å². The fourth-order valence-corrected chi connectivity index (χ4v) is 3.60. The van der Waals surface area contributed by atoms with Crippen molar-refractivity contribution in [3.05, 3.63) is 57.2 Å². The number of thioether (sulfide) groups is 1. The average molecular weight is 360 g/mol. The normalized spacial score (nSPS) is 16.2. The molecule has 0 bridgehead atoms. The van der Waals surface area contributed by atoms with Crippen LogP contribution in [0, 0.1) is 10.1 Å². The van der Waals surface area contributed by atoms with Crippen LogP contribution in [0.4, 0.5) is 5.69 Å². The lowest BCUT2D eigenvalue weighted by Crippen LogP contribution is -2.27. The van der Waals surface area contributed by atoms with Crippen molar-refractivity contribution in [1.82, 2.24) is 4.90 Å². The Bertz CT molecular complexity index is 855. The van der Waals surface area contributed by atoms with Gasteiger partial charge < -0.3 is 4.42 Å². The van der Waals surface area contributed by atoms with Gasteiger partial charge in [-0.2, -0.15) is 0 Å². The largest absolute Gasteiger partial charge is 0.457 e. The first-order valence-corrected chi connectivity index (χ1v) is 8.32. The summed E-state index contributed by atoms with van der Waals surface area (Å²) < 4.78 is 6.25. The van der Waals surface area contributed by atoms with Crippen LogP contribution in [0.15, 0.2) is 45.7 Å². The first kappa shape index (κ1) is 16.4. The van der Waals surface area contributed by atoms with Crippen LogP contribution in [0.1, 0.15) is 12.7 Å². The molecule has 1 saturated heterocycles. The first-order chi connectivity index (χ1) is 11.5. The number of hydrogen-bond donors (Lipinski definition) is 0. The summed E-state index contributed by atoms with van der Waals surface area (Å²) in [6, 6.07) is 9.59. The number of non-ortho nitro benzene ring substituents is 1. The fourth-order valence-electron chi connectivity index (χ4n) is 2.23. The second-order valence-electron chi connectivity index (χ2n) is 4.93. The minimum absolute atomic E-state index is 0.0220. The van der Waals surface area contributed by atoms with E-state index in [0.29, 0.717) is 27.3 Å². The number of nitro benzene ring substituents is 1. The molecule has 1 aromatic heterocycles. The highest BCUT2D eigenvalue weighted by Crippen LogP contribution is 2.33. The monoisotopic (exact) mass is 360 g/mol. The van der Waals surface area contributed by atoms with Gasteiger partial charge in [0.2, 0.25) is 0 Å². The van der Waals surface area contributed by atoms with E-state index in [-0.39, 0.29) is 11.6 Å². The van der Waals surface area contributed by atoms with Crippen LogP contribution in [0.3, 0.4) is 0 Å². The van der Waals surface area contributed by atoms with Crippen molar-refractivity contribution in [2.24, 2.45) is 0 Å². The van der Waals surface area contributed by atoms with Gasteiger partial charge in [-0.25, -0.2) is 0 Å². The van der Waals surface area contributed by atoms with Gasteiger partial charge in [-0.05, 0) is 31.2 Å². The number of nitro groups is 1. The van der Waals surface area contributed by atoms with Crippen molar-refractivity contribution in [2.45, 2.75) is 6.92 Å². The predicted molar refractivity (Wildman–Crippen MR) is 96.4 cm³/mol. The minimum Gasteiger partial charge on any atom is -0.457 e. The number of carbonyl (C=O) groups excluding carboxylic acids is 1. The van der Waals surface area contributed by atoms with Crippen molar-refractivity contribution in [3.8, 4) is 11.3 Å². The van der Waals surface area contributed by atoms with E-state index in [9.17, 15) is 14.9 Å². The number of carbonyl (C=O) groups is 1. The Kier molecular flexibility index (Phi) is 4.50. The molecule has 0 spiro atoms. The highest BCUT2D eigenvalue weighted by atomic mass is 32.2. The Balaban J connectivity index is 1.83. The molecule has 1 aliphatic heterocycles. The van der Waals surface area contributed by atoms with Gasteiger partial charge in [0.25, 0.3) is 11.6 Å². The third kappa shape index (κ3) is 3.10. The Hall–Kier alpha value is -2.45. The summed E-state index contributed by atoms with van der Waals surface area (Å²) in [4.78, 5) is 24.5. The maximum absolute atomic E-state index is 12.2. The van der Waals surface area contributed by atoms with Crippen molar-refractivity contribution in [3.63, 3.8) is 0 Å². The molecule has 0 unspecified atom stereocenters. The summed E-state index contributed by atoms with van der Waals surface area (Å²) in [5, 5.41) is 10.7. The second kappa shape index (κ2) is 6.58. The Labute approximate surface area is 147 Å². The van der Waals surface area contributed by atoms with E-state index in [1.807, 2.05) is 6.92 Å². The van der Waals surface area contributed by atoms with E-state index in [1.54, 1.807) is 30.3 Å². The average Bonchev–Trinajstić information content (AvgIpc) is 3.13. The van der Waals surface area contributed by atoms with Crippen molar-refractivity contribution in [1.29, 1.82) is 0 Å². The lowest BCUT2D eigenvalue weighted by Gasteiger charge is -2.09. The lowest BCUT2D eigenvalue weighted by atomic mass is 10.1. The molecule has 6 nitrogen and oxygen atoms in total. The zero-order chi connectivity index (χ0) is 17.3. The number of amides is 1. The highest BCUT2D eigenvalue weighted by molar-refractivity contribution is 8.26. The molecule has 1 aliphatic rings. The maximum atomic E-state index is 12.2. The fraction of sp³-hybridized carbons (Fsp3) is 0.125. The lowest BCUT2D eigenvalue weighted by molar-refractivity contribution is -0.384. The summed E-state index contributed by atoms with van der Waals surface area (Å²) in [7, 11) is 0. The molecule has 0 saturated carbocycles. The quantitative estimate of drug-likeness (QED) is 0.354. The summed E-state index contributed by atoms with van der Waals surface area (Å²) in [6.07, 6.45) is 1.66. The van der Waals surface area contributed by atoms with E-state index >= 15 is 0 Å². The molecule has 1 aromatic carbocycles. The van der Waals surface area contributed by atoms with Gasteiger partial charge in [-0.1, -0.05) is 24.0 Å². The summed E-state index contributed by atoms with van der Waals surface area (Å²) in [5.41, 5.74) is 0.745. The number of hydrogen-bond acceptors (Lipinski definition) is 6. The van der Waals surface area contributed by atoms with Gasteiger partial charge in [0, 0.05) is 30.3 Å². The SMILES string of the molecule is CCN1C(=O)/C(=C/c2ccc(-c3ccc([N+](=O)[O-])cc3)o2)SC1=S. The van der Waals surface area contributed by atoms with E-state index < -0.39 is 4.92 Å². The molecule has 2 heterocycles. The van der Waals surface area contributed by atoms with Crippen molar-refractivity contribution >= 4 is 46.0 Å². The van der Waals surface area contributed by atoms with Crippen LogP contribution in [0.25, 0.3) is 17.4 Å². The summed E-state index contributed by atoms with van der Waals surface area (Å²) in [6.45, 7) is 2.40. The number of furan rings is 1. The van der Waals surface area contributed by atoms with Gasteiger partial charge in [-0.3, -0.25) is 19.8 Å². The van der Waals surface area contributed by atoms with Gasteiger partial charge in [0.15, 0.2) is 0 Å². The zero-order valence-electron chi connectivity index (χ0n) is 12.6. The van der Waals surface area contributed by atoms with Crippen LogP contribution in [0.5, 0.6) is 0 Å². The minimum atomic E-state index is -0.451. The van der Waals surface area contributed by atoms with Gasteiger partial charge in [0.05, 0.1) is 9.83 Å². The first-order valence-electron chi connectivity index (χ1n) is 7.09. The molecule has 0 atom stereocenters. The number of nitrogens with zero attached hydrogens (tertiary/aromatic N) is 2. The van der Waals surface area contributed by atoms with Gasteiger partial charge >= 0.3 is 0 Å². The molecule has 8 heteroatoms. The predicted octanol–water partition coefficient (Wildman–Crippen LogP) is 4.08. The molecule has 1 amide bonds. The molecule has 1 fully saturated rings. The Morgan fingerprint density at radius 2 is 2.00 bits per heavy atom. The number of likely N-dealkylation sites (N-methyl/N-ethyl adjacent to an activating group) is 1. The molecule has 0 N–H and O–H groups in total. The standard InChI is InChI=1S/C16H12N2O4S2/c1-2-17-15(19)14(24-16(17)23)9-12-7-8-13(22-12)10-3-5-11(6-4-10)18(20)21/h3-9H,2H2,1H3/b14-9-. The summed E-state index contributed by atoms with van der Waals surface area (Å²) in [5.74, 6) is 0.975. The molecular weight excluding hydrogens is 348 g/mol. The van der Waals surface area contributed by atoms with Crippen LogP contribution < -0.4 is 0 Å². The maximum Gasteiger partial charge on any atom is 0.269 e. The third-order valence-corrected chi connectivity index (χ3v) is 4.83. The smallest absolute Gasteiger partial charge is 0.269 e. The Morgan fingerprint density at radius 3 is 2.58 bits per heavy atom. The van der Waals surface area contributed by atoms with Crippen molar-refractivity contribution < 1.29 is 14.1 Å². The molecule has 2 aromatic rings. The van der Waals surface area contributed by atoms with Crippen LogP contribution in [0.2, 0.25) is 0 Å². The highest BCUT2D eigenvalue weighted by Gasteiger charge is 2.30. The van der Waals surface area contributed by atoms with Crippen LogP contribution >= 0.6 is 24.0 Å². The number of benzene rings is 1. The number of thiocarbonyl (C=S) groups is 1. The topological polar surface area (TPSA) is 76.6 Å².